The quantitative estimate of drug-likeness (QED) is 0.793. The highest BCUT2D eigenvalue weighted by Crippen LogP contribution is 2.23. The smallest absolute Gasteiger partial charge is 0.410 e. The Kier molecular flexibility index (Phi) is 5.79. The summed E-state index contributed by atoms with van der Waals surface area (Å²) in [6.45, 7) is 2.61. The Morgan fingerprint density at radius 2 is 2.24 bits per heavy atom. The van der Waals surface area contributed by atoms with E-state index >= 15 is 0 Å². The fraction of sp³-hybridized carbons (Fsp3) is 0.579. The lowest BCUT2D eigenvalue weighted by molar-refractivity contribution is -0.133. The lowest BCUT2D eigenvalue weighted by atomic mass is 9.91. The largest absolute Gasteiger partial charge is 0.497 e. The molecule has 2 amide bonds. The molecule has 3 rings (SSSR count). The molecule has 0 saturated carbocycles. The van der Waals surface area contributed by atoms with Gasteiger partial charge < -0.3 is 14.4 Å². The van der Waals surface area contributed by atoms with E-state index in [1.54, 1.807) is 7.11 Å². The van der Waals surface area contributed by atoms with Crippen LogP contribution in [0.3, 0.4) is 0 Å². The molecule has 2 saturated heterocycles. The van der Waals surface area contributed by atoms with Gasteiger partial charge in [0.25, 0.3) is 0 Å². The van der Waals surface area contributed by atoms with Crippen LogP contribution in [0, 0.1) is 5.92 Å². The highest BCUT2D eigenvalue weighted by molar-refractivity contribution is 5.83. The minimum absolute atomic E-state index is 0.0323. The molecule has 0 unspecified atom stereocenters. The first kappa shape index (κ1) is 17.6. The second-order valence-electron chi connectivity index (χ2n) is 6.77. The van der Waals surface area contributed by atoms with E-state index < -0.39 is 0 Å². The number of carbonyl (C=O) groups is 2. The number of aryl methyl sites for hydroxylation is 1. The van der Waals surface area contributed by atoms with Gasteiger partial charge in [-0.2, -0.15) is 0 Å². The van der Waals surface area contributed by atoms with Gasteiger partial charge in [0.15, 0.2) is 0 Å². The number of likely N-dealkylation sites (tertiary alicyclic amines) is 1. The van der Waals surface area contributed by atoms with Crippen LogP contribution in [-0.4, -0.2) is 61.7 Å². The van der Waals surface area contributed by atoms with Gasteiger partial charge in [0.2, 0.25) is 5.91 Å². The molecule has 2 heterocycles. The van der Waals surface area contributed by atoms with E-state index in [4.69, 9.17) is 9.47 Å². The van der Waals surface area contributed by atoms with Crippen LogP contribution < -0.4 is 4.74 Å². The molecule has 0 bridgehead atoms. The monoisotopic (exact) mass is 346 g/mol. The van der Waals surface area contributed by atoms with E-state index in [1.165, 1.54) is 10.5 Å². The first-order valence-electron chi connectivity index (χ1n) is 8.98. The molecule has 1 aromatic carbocycles. The Hall–Kier alpha value is -2.24. The number of hydrogen-bond donors (Lipinski definition) is 0. The summed E-state index contributed by atoms with van der Waals surface area (Å²) in [6, 6.07) is 8.16. The van der Waals surface area contributed by atoms with E-state index in [1.807, 2.05) is 17.0 Å². The number of amides is 2. The molecular weight excluding hydrogens is 320 g/mol. The van der Waals surface area contributed by atoms with Gasteiger partial charge in [0, 0.05) is 13.1 Å². The number of ether oxygens (including phenoxy) is 2. The highest BCUT2D eigenvalue weighted by atomic mass is 16.6. The van der Waals surface area contributed by atoms with E-state index in [0.717, 1.165) is 44.5 Å². The Morgan fingerprint density at radius 1 is 1.36 bits per heavy atom. The number of methoxy groups -OCH3 is 1. The predicted octanol–water partition coefficient (Wildman–Crippen LogP) is 2.32. The number of rotatable bonds is 6. The van der Waals surface area contributed by atoms with Gasteiger partial charge in [-0.1, -0.05) is 12.1 Å². The molecule has 25 heavy (non-hydrogen) atoms. The Morgan fingerprint density at radius 3 is 3.00 bits per heavy atom. The van der Waals surface area contributed by atoms with Crippen LogP contribution in [-0.2, 0) is 16.0 Å². The number of hydrogen-bond acceptors (Lipinski definition) is 4. The van der Waals surface area contributed by atoms with E-state index in [2.05, 4.69) is 12.1 Å². The average molecular weight is 346 g/mol. The Balaban J connectivity index is 1.48. The van der Waals surface area contributed by atoms with Crippen molar-refractivity contribution >= 4 is 12.0 Å². The summed E-state index contributed by atoms with van der Waals surface area (Å²) in [5.74, 6) is 1.43. The van der Waals surface area contributed by atoms with Gasteiger partial charge in [0.1, 0.15) is 18.9 Å². The van der Waals surface area contributed by atoms with Crippen LogP contribution >= 0.6 is 0 Å². The van der Waals surface area contributed by atoms with Gasteiger partial charge in [-0.05, 0) is 49.3 Å². The van der Waals surface area contributed by atoms with Crippen LogP contribution in [0.25, 0.3) is 0 Å². The summed E-state index contributed by atoms with van der Waals surface area (Å²) >= 11 is 0. The molecule has 6 heteroatoms. The Bertz CT molecular complexity index is 619. The zero-order chi connectivity index (χ0) is 17.6. The van der Waals surface area contributed by atoms with Crippen molar-refractivity contribution in [3.8, 4) is 5.75 Å². The van der Waals surface area contributed by atoms with Gasteiger partial charge in [0.05, 0.1) is 13.7 Å². The van der Waals surface area contributed by atoms with Crippen LogP contribution in [0.2, 0.25) is 0 Å². The second-order valence-corrected chi connectivity index (χ2v) is 6.77. The van der Waals surface area contributed by atoms with E-state index in [0.29, 0.717) is 19.1 Å². The summed E-state index contributed by atoms with van der Waals surface area (Å²) in [5.41, 5.74) is 1.27. The topological polar surface area (TPSA) is 59.1 Å². The second kappa shape index (κ2) is 8.23. The molecule has 1 aromatic rings. The summed E-state index contributed by atoms with van der Waals surface area (Å²) in [4.78, 5) is 27.4. The van der Waals surface area contributed by atoms with Crippen molar-refractivity contribution in [2.75, 3.05) is 39.9 Å². The first-order valence-corrected chi connectivity index (χ1v) is 8.98. The van der Waals surface area contributed by atoms with Crippen molar-refractivity contribution in [3.63, 3.8) is 0 Å². The third-order valence-electron chi connectivity index (χ3n) is 5.02. The minimum atomic E-state index is -0.375. The van der Waals surface area contributed by atoms with Gasteiger partial charge >= 0.3 is 6.09 Å². The molecule has 2 fully saturated rings. The molecule has 2 aliphatic rings. The SMILES string of the molecule is COc1cccc(CC[C@H]2CCCN(C(=O)CN3CCOC3=O)C2)c1. The normalized spacial score (nSPS) is 20.5. The third-order valence-corrected chi connectivity index (χ3v) is 5.02. The van der Waals surface area contributed by atoms with E-state index in [-0.39, 0.29) is 18.5 Å². The molecule has 0 spiro atoms. The molecule has 0 aromatic heterocycles. The number of benzene rings is 1. The number of nitrogens with zero attached hydrogens (tertiary/aromatic N) is 2. The third kappa shape index (κ3) is 4.65. The van der Waals surface area contributed by atoms with Gasteiger partial charge in [-0.25, -0.2) is 4.79 Å². The van der Waals surface area contributed by atoms with Crippen molar-refractivity contribution in [1.82, 2.24) is 9.80 Å². The van der Waals surface area contributed by atoms with Crippen molar-refractivity contribution < 1.29 is 19.1 Å². The zero-order valence-electron chi connectivity index (χ0n) is 14.8. The zero-order valence-corrected chi connectivity index (χ0v) is 14.8. The van der Waals surface area contributed by atoms with Gasteiger partial charge in [-0.15, -0.1) is 0 Å². The fourth-order valence-electron chi connectivity index (χ4n) is 3.56. The van der Waals surface area contributed by atoms with Crippen molar-refractivity contribution in [3.05, 3.63) is 29.8 Å². The van der Waals surface area contributed by atoms with Crippen molar-refractivity contribution in [1.29, 1.82) is 0 Å². The van der Waals surface area contributed by atoms with E-state index in [9.17, 15) is 9.59 Å². The molecule has 6 nitrogen and oxygen atoms in total. The lowest BCUT2D eigenvalue weighted by Crippen LogP contribution is -2.45. The van der Waals surface area contributed by atoms with Crippen molar-refractivity contribution in [2.24, 2.45) is 5.92 Å². The number of cyclic esters (lactones) is 1. The molecule has 0 aliphatic carbocycles. The predicted molar refractivity (Wildman–Crippen MR) is 93.5 cm³/mol. The molecule has 136 valence electrons. The number of piperidine rings is 1. The van der Waals surface area contributed by atoms with Crippen molar-refractivity contribution in [2.45, 2.75) is 25.7 Å². The van der Waals surface area contributed by atoms with Crippen LogP contribution in [0.1, 0.15) is 24.8 Å². The lowest BCUT2D eigenvalue weighted by Gasteiger charge is -2.33. The summed E-state index contributed by atoms with van der Waals surface area (Å²) in [5, 5.41) is 0. The standard InChI is InChI=1S/C19H26N2O4/c1-24-17-6-2-4-15(12-17)7-8-16-5-3-9-20(13-16)18(22)14-21-10-11-25-19(21)23/h2,4,6,12,16H,3,5,7-11,13-14H2,1H3/t16-/m1/s1. The average Bonchev–Trinajstić information content (AvgIpc) is 3.05. The maximum atomic E-state index is 12.5. The highest BCUT2D eigenvalue weighted by Gasteiger charge is 2.29. The minimum Gasteiger partial charge on any atom is -0.497 e. The number of carbonyl (C=O) groups excluding carboxylic acids is 2. The van der Waals surface area contributed by atoms with Gasteiger partial charge in [-0.3, -0.25) is 9.69 Å². The summed E-state index contributed by atoms with van der Waals surface area (Å²) in [6.07, 6.45) is 3.85. The Labute approximate surface area is 148 Å². The molecule has 0 N–H and O–H groups in total. The first-order chi connectivity index (χ1) is 12.2. The molecule has 2 aliphatic heterocycles. The molecule has 1 atom stereocenters. The molecular formula is C19H26N2O4. The summed E-state index contributed by atoms with van der Waals surface area (Å²) in [7, 11) is 1.68. The fourth-order valence-corrected chi connectivity index (χ4v) is 3.56. The van der Waals surface area contributed by atoms with Crippen LogP contribution in [0.15, 0.2) is 24.3 Å². The maximum Gasteiger partial charge on any atom is 0.410 e. The van der Waals surface area contributed by atoms with Crippen LogP contribution in [0.4, 0.5) is 4.79 Å². The maximum absolute atomic E-state index is 12.5. The van der Waals surface area contributed by atoms with Crippen LogP contribution in [0.5, 0.6) is 5.75 Å². The summed E-state index contributed by atoms with van der Waals surface area (Å²) < 4.78 is 10.2. The molecule has 0 radical (unpaired) electrons.